The normalized spacial score (nSPS) is 10.8. The molecular weight excluding hydrogens is 312 g/mol. The van der Waals surface area contributed by atoms with Gasteiger partial charge in [0.2, 0.25) is 5.91 Å². The summed E-state index contributed by atoms with van der Waals surface area (Å²) < 4.78 is 5.80. The first kappa shape index (κ1) is 19.0. The predicted molar refractivity (Wildman–Crippen MR) is 103 cm³/mol. The Bertz CT molecular complexity index is 720. The molecule has 0 aromatic heterocycles. The van der Waals surface area contributed by atoms with E-state index < -0.39 is 0 Å². The molecule has 0 radical (unpaired) electrons. The summed E-state index contributed by atoms with van der Waals surface area (Å²) >= 11 is 0. The number of carbonyl (C=O) groups is 1. The Labute approximate surface area is 150 Å². The Hall–Kier alpha value is -2.33. The second-order valence-electron chi connectivity index (χ2n) is 6.78. The van der Waals surface area contributed by atoms with Gasteiger partial charge in [-0.1, -0.05) is 18.2 Å². The largest absolute Gasteiger partial charge is 0.492 e. The molecule has 0 spiro atoms. The first-order valence-electron chi connectivity index (χ1n) is 8.60. The van der Waals surface area contributed by atoms with E-state index in [1.165, 1.54) is 11.1 Å². The maximum absolute atomic E-state index is 12.2. The van der Waals surface area contributed by atoms with Crippen LogP contribution in [-0.4, -0.2) is 37.6 Å². The molecule has 1 N–H and O–H groups in total. The zero-order valence-corrected chi connectivity index (χ0v) is 15.8. The van der Waals surface area contributed by atoms with Crippen molar-refractivity contribution in [2.75, 3.05) is 32.1 Å². The summed E-state index contributed by atoms with van der Waals surface area (Å²) in [6.45, 7) is 9.71. The number of amides is 1. The quantitative estimate of drug-likeness (QED) is 0.832. The van der Waals surface area contributed by atoms with E-state index in [4.69, 9.17) is 4.74 Å². The fourth-order valence-electron chi connectivity index (χ4n) is 2.72. The lowest BCUT2D eigenvalue weighted by Gasteiger charge is -2.17. The van der Waals surface area contributed by atoms with E-state index in [-0.39, 0.29) is 5.91 Å². The number of hydrogen-bond acceptors (Lipinski definition) is 3. The Morgan fingerprint density at radius 3 is 2.36 bits per heavy atom. The number of nitrogens with zero attached hydrogens (tertiary/aromatic N) is 1. The van der Waals surface area contributed by atoms with Gasteiger partial charge in [0.1, 0.15) is 12.4 Å². The average Bonchev–Trinajstić information content (AvgIpc) is 2.50. The molecule has 4 nitrogen and oxygen atoms in total. The monoisotopic (exact) mass is 340 g/mol. The average molecular weight is 340 g/mol. The van der Waals surface area contributed by atoms with Crippen molar-refractivity contribution in [3.63, 3.8) is 0 Å². The summed E-state index contributed by atoms with van der Waals surface area (Å²) in [5.74, 6) is 0.869. The van der Waals surface area contributed by atoms with Crippen molar-refractivity contribution in [3.05, 3.63) is 58.7 Å². The Kier molecular flexibility index (Phi) is 6.59. The molecule has 0 unspecified atom stereocenters. The molecule has 4 heteroatoms. The summed E-state index contributed by atoms with van der Waals surface area (Å²) in [7, 11) is 1.92. The number of benzene rings is 2. The van der Waals surface area contributed by atoms with Gasteiger partial charge in [-0.2, -0.15) is 0 Å². The minimum atomic E-state index is -0.0115. The van der Waals surface area contributed by atoms with Gasteiger partial charge in [-0.25, -0.2) is 0 Å². The van der Waals surface area contributed by atoms with Crippen molar-refractivity contribution in [1.82, 2.24) is 4.90 Å². The van der Waals surface area contributed by atoms with Crippen LogP contribution in [0.3, 0.4) is 0 Å². The van der Waals surface area contributed by atoms with E-state index in [1.807, 2.05) is 56.1 Å². The minimum absolute atomic E-state index is 0.0115. The number of aryl methyl sites for hydroxylation is 4. The van der Waals surface area contributed by atoms with Gasteiger partial charge in [-0.3, -0.25) is 9.69 Å². The summed E-state index contributed by atoms with van der Waals surface area (Å²) in [4.78, 5) is 14.2. The molecule has 2 aromatic rings. The van der Waals surface area contributed by atoms with Crippen LogP contribution in [0.4, 0.5) is 5.69 Å². The van der Waals surface area contributed by atoms with Gasteiger partial charge in [-0.15, -0.1) is 0 Å². The van der Waals surface area contributed by atoms with Gasteiger partial charge in [0.15, 0.2) is 0 Å². The van der Waals surface area contributed by atoms with Gasteiger partial charge in [-0.05, 0) is 75.2 Å². The van der Waals surface area contributed by atoms with E-state index in [2.05, 4.69) is 25.2 Å². The zero-order valence-electron chi connectivity index (χ0n) is 15.8. The SMILES string of the molecule is Cc1cc(C)cc(OCCN(C)CC(=O)Nc2cc(C)ccc2C)c1. The zero-order chi connectivity index (χ0) is 18.4. The third-order valence-corrected chi connectivity index (χ3v) is 4.02. The van der Waals surface area contributed by atoms with Crippen LogP contribution >= 0.6 is 0 Å². The number of anilines is 1. The summed E-state index contributed by atoms with van der Waals surface area (Å²) in [6.07, 6.45) is 0. The van der Waals surface area contributed by atoms with Crippen LogP contribution in [0, 0.1) is 27.7 Å². The molecule has 0 aliphatic heterocycles. The highest BCUT2D eigenvalue weighted by molar-refractivity contribution is 5.93. The molecule has 0 saturated heterocycles. The first-order chi connectivity index (χ1) is 11.8. The van der Waals surface area contributed by atoms with Crippen molar-refractivity contribution in [1.29, 1.82) is 0 Å². The van der Waals surface area contributed by atoms with Crippen LogP contribution in [-0.2, 0) is 4.79 Å². The van der Waals surface area contributed by atoms with Crippen molar-refractivity contribution < 1.29 is 9.53 Å². The van der Waals surface area contributed by atoms with Gasteiger partial charge >= 0.3 is 0 Å². The molecule has 1 amide bonds. The Balaban J connectivity index is 1.78. The maximum Gasteiger partial charge on any atom is 0.238 e. The highest BCUT2D eigenvalue weighted by Crippen LogP contribution is 2.17. The first-order valence-corrected chi connectivity index (χ1v) is 8.60. The van der Waals surface area contributed by atoms with Crippen LogP contribution in [0.1, 0.15) is 22.3 Å². The molecule has 0 saturated carbocycles. The molecule has 25 heavy (non-hydrogen) atoms. The summed E-state index contributed by atoms with van der Waals surface area (Å²) in [5, 5.41) is 2.98. The number of carbonyl (C=O) groups excluding carboxylic acids is 1. The van der Waals surface area contributed by atoms with Crippen LogP contribution in [0.25, 0.3) is 0 Å². The van der Waals surface area contributed by atoms with Crippen molar-refractivity contribution in [3.8, 4) is 5.75 Å². The lowest BCUT2D eigenvalue weighted by atomic mass is 10.1. The van der Waals surface area contributed by atoms with E-state index in [0.717, 1.165) is 22.6 Å². The van der Waals surface area contributed by atoms with E-state index >= 15 is 0 Å². The van der Waals surface area contributed by atoms with Gasteiger partial charge in [0, 0.05) is 12.2 Å². The third kappa shape index (κ3) is 6.24. The second-order valence-corrected chi connectivity index (χ2v) is 6.78. The molecule has 0 heterocycles. The molecule has 2 rings (SSSR count). The lowest BCUT2D eigenvalue weighted by molar-refractivity contribution is -0.117. The molecule has 0 aliphatic carbocycles. The van der Waals surface area contributed by atoms with Gasteiger partial charge < -0.3 is 10.1 Å². The van der Waals surface area contributed by atoms with Crippen molar-refractivity contribution in [2.45, 2.75) is 27.7 Å². The Morgan fingerprint density at radius 2 is 1.68 bits per heavy atom. The molecule has 0 atom stereocenters. The topological polar surface area (TPSA) is 41.6 Å². The number of likely N-dealkylation sites (N-methyl/N-ethyl adjacent to an activating group) is 1. The van der Waals surface area contributed by atoms with Crippen LogP contribution < -0.4 is 10.1 Å². The highest BCUT2D eigenvalue weighted by Gasteiger charge is 2.09. The number of ether oxygens (including phenoxy) is 1. The second kappa shape index (κ2) is 8.67. The van der Waals surface area contributed by atoms with E-state index in [1.54, 1.807) is 0 Å². The van der Waals surface area contributed by atoms with Gasteiger partial charge in [0.05, 0.1) is 6.54 Å². The third-order valence-electron chi connectivity index (χ3n) is 4.02. The molecule has 134 valence electrons. The molecule has 2 aromatic carbocycles. The number of hydrogen-bond donors (Lipinski definition) is 1. The summed E-state index contributed by atoms with van der Waals surface area (Å²) in [6, 6.07) is 12.2. The Morgan fingerprint density at radius 1 is 1.00 bits per heavy atom. The fraction of sp³-hybridized carbons (Fsp3) is 0.381. The fourth-order valence-corrected chi connectivity index (χ4v) is 2.72. The van der Waals surface area contributed by atoms with Gasteiger partial charge in [0.25, 0.3) is 0 Å². The number of rotatable bonds is 7. The van der Waals surface area contributed by atoms with E-state index in [9.17, 15) is 4.79 Å². The maximum atomic E-state index is 12.2. The van der Waals surface area contributed by atoms with Crippen LogP contribution in [0.5, 0.6) is 5.75 Å². The minimum Gasteiger partial charge on any atom is -0.492 e. The number of nitrogens with one attached hydrogen (secondary N) is 1. The standard InChI is InChI=1S/C21H28N2O2/c1-15-6-7-18(4)20(13-15)22-21(24)14-23(5)8-9-25-19-11-16(2)10-17(3)12-19/h6-7,10-13H,8-9,14H2,1-5H3,(H,22,24). The smallest absolute Gasteiger partial charge is 0.238 e. The molecule has 0 fully saturated rings. The molecular formula is C21H28N2O2. The molecule has 0 bridgehead atoms. The van der Waals surface area contributed by atoms with Crippen LogP contribution in [0.15, 0.2) is 36.4 Å². The van der Waals surface area contributed by atoms with Crippen molar-refractivity contribution in [2.24, 2.45) is 0 Å². The lowest BCUT2D eigenvalue weighted by Crippen LogP contribution is -2.33. The van der Waals surface area contributed by atoms with E-state index in [0.29, 0.717) is 19.7 Å². The van der Waals surface area contributed by atoms with Crippen LogP contribution in [0.2, 0.25) is 0 Å². The highest BCUT2D eigenvalue weighted by atomic mass is 16.5. The van der Waals surface area contributed by atoms with Crippen molar-refractivity contribution >= 4 is 11.6 Å². The predicted octanol–water partition coefficient (Wildman–Crippen LogP) is 3.87. The summed E-state index contributed by atoms with van der Waals surface area (Å²) in [5.41, 5.74) is 5.47. The molecule has 0 aliphatic rings.